The van der Waals surface area contributed by atoms with Crippen molar-refractivity contribution in [2.75, 3.05) is 32.7 Å². The van der Waals surface area contributed by atoms with Crippen LogP contribution in [0.15, 0.2) is 48.5 Å². The van der Waals surface area contributed by atoms with Gasteiger partial charge in [0.15, 0.2) is 0 Å². The second-order valence-corrected chi connectivity index (χ2v) is 7.65. The van der Waals surface area contributed by atoms with E-state index < -0.39 is 0 Å². The molecule has 0 saturated carbocycles. The number of amides is 1. The maximum absolute atomic E-state index is 12.3. The van der Waals surface area contributed by atoms with E-state index in [-0.39, 0.29) is 5.91 Å². The topological polar surface area (TPSA) is 53.4 Å². The maximum Gasteiger partial charge on any atom is 0.253 e. The molecule has 0 aliphatic carbocycles. The van der Waals surface area contributed by atoms with Crippen molar-refractivity contribution >= 4 is 16.9 Å². The van der Waals surface area contributed by atoms with Crippen LogP contribution in [0.5, 0.6) is 0 Å². The number of piperazine rings is 1. The molecule has 0 spiro atoms. The van der Waals surface area contributed by atoms with Crippen LogP contribution in [0.2, 0.25) is 0 Å². The van der Waals surface area contributed by atoms with Crippen LogP contribution in [-0.4, -0.2) is 58.0 Å². The average molecular weight is 375 g/mol. The van der Waals surface area contributed by atoms with Crippen molar-refractivity contribution in [3.63, 3.8) is 0 Å². The summed E-state index contributed by atoms with van der Waals surface area (Å²) in [5, 5.41) is 2.99. The van der Waals surface area contributed by atoms with Crippen LogP contribution >= 0.6 is 0 Å². The second kappa shape index (κ2) is 7.37. The Bertz CT molecular complexity index is 989. The van der Waals surface area contributed by atoms with Gasteiger partial charge in [-0.25, -0.2) is 4.98 Å². The Balaban J connectivity index is 1.30. The summed E-state index contributed by atoms with van der Waals surface area (Å²) >= 11 is 0. The molecule has 2 aromatic carbocycles. The molecule has 6 heteroatoms. The fraction of sp³-hybridized carbons (Fsp3) is 0.364. The van der Waals surface area contributed by atoms with Crippen molar-refractivity contribution < 1.29 is 4.79 Å². The summed E-state index contributed by atoms with van der Waals surface area (Å²) in [6, 6.07) is 16.5. The van der Waals surface area contributed by atoms with Crippen LogP contribution in [0.4, 0.5) is 0 Å². The fourth-order valence-electron chi connectivity index (χ4n) is 4.30. The Morgan fingerprint density at radius 2 is 1.61 bits per heavy atom. The minimum absolute atomic E-state index is 0.00493. The van der Waals surface area contributed by atoms with Crippen molar-refractivity contribution in [2.45, 2.75) is 19.6 Å². The molecule has 0 unspecified atom stereocenters. The van der Waals surface area contributed by atoms with Crippen LogP contribution in [-0.2, 0) is 19.6 Å². The van der Waals surface area contributed by atoms with E-state index in [2.05, 4.69) is 50.0 Å². The maximum atomic E-state index is 12.3. The highest BCUT2D eigenvalue weighted by Gasteiger charge is 2.23. The third-order valence-corrected chi connectivity index (χ3v) is 5.79. The van der Waals surface area contributed by atoms with Gasteiger partial charge in [0.1, 0.15) is 5.82 Å². The number of hydrogen-bond acceptors (Lipinski definition) is 4. The highest BCUT2D eigenvalue weighted by atomic mass is 16.1. The molecule has 1 aromatic heterocycles. The zero-order chi connectivity index (χ0) is 18.9. The lowest BCUT2D eigenvalue weighted by molar-refractivity contribution is 0.0956. The summed E-state index contributed by atoms with van der Waals surface area (Å²) in [4.78, 5) is 22.2. The van der Waals surface area contributed by atoms with E-state index in [9.17, 15) is 4.79 Å². The summed E-state index contributed by atoms with van der Waals surface area (Å²) in [5.41, 5.74) is 4.02. The number of hydrogen-bond donors (Lipinski definition) is 1. The standard InChI is InChI=1S/C22H25N5O/c28-22-18-7-4-8-19-21(18)27(10-9-23-22)20(24-19)16-26-13-11-25(12-14-26)15-17-5-2-1-3-6-17/h1-8H,9-16H2,(H,23,28). The number of rotatable bonds is 4. The molecule has 0 radical (unpaired) electrons. The first-order chi connectivity index (χ1) is 13.8. The first kappa shape index (κ1) is 17.4. The van der Waals surface area contributed by atoms with E-state index in [1.807, 2.05) is 18.2 Å². The van der Waals surface area contributed by atoms with Gasteiger partial charge in [0.2, 0.25) is 0 Å². The minimum atomic E-state index is 0.00493. The Hall–Kier alpha value is -2.70. The van der Waals surface area contributed by atoms with Gasteiger partial charge in [0, 0.05) is 45.8 Å². The van der Waals surface area contributed by atoms with Gasteiger partial charge in [-0.1, -0.05) is 36.4 Å². The first-order valence-corrected chi connectivity index (χ1v) is 10.0. The number of carbonyl (C=O) groups is 1. The summed E-state index contributed by atoms with van der Waals surface area (Å²) < 4.78 is 2.24. The van der Waals surface area contributed by atoms with Crippen LogP contribution in [0.3, 0.4) is 0 Å². The van der Waals surface area contributed by atoms with Crippen molar-refractivity contribution in [3.8, 4) is 0 Å². The van der Waals surface area contributed by atoms with Gasteiger partial charge < -0.3 is 9.88 Å². The molecular formula is C22H25N5O. The predicted molar refractivity (Wildman–Crippen MR) is 109 cm³/mol. The van der Waals surface area contributed by atoms with Crippen molar-refractivity contribution in [3.05, 3.63) is 65.5 Å². The molecule has 0 atom stereocenters. The molecule has 6 nitrogen and oxygen atoms in total. The van der Waals surface area contributed by atoms with Gasteiger partial charge in [-0.15, -0.1) is 0 Å². The van der Waals surface area contributed by atoms with E-state index in [1.54, 1.807) is 0 Å². The number of benzene rings is 2. The van der Waals surface area contributed by atoms with E-state index in [0.29, 0.717) is 6.54 Å². The molecule has 3 aromatic rings. The van der Waals surface area contributed by atoms with Crippen LogP contribution in [0, 0.1) is 0 Å². The van der Waals surface area contributed by atoms with Gasteiger partial charge in [0.25, 0.3) is 5.91 Å². The lowest BCUT2D eigenvalue weighted by Crippen LogP contribution is -2.45. The molecule has 1 fully saturated rings. The zero-order valence-corrected chi connectivity index (χ0v) is 16.0. The summed E-state index contributed by atoms with van der Waals surface area (Å²) in [5.74, 6) is 1.07. The molecule has 1 amide bonds. The van der Waals surface area contributed by atoms with Gasteiger partial charge in [0.05, 0.1) is 23.1 Å². The van der Waals surface area contributed by atoms with Gasteiger partial charge >= 0.3 is 0 Å². The highest BCUT2D eigenvalue weighted by Crippen LogP contribution is 2.23. The van der Waals surface area contributed by atoms with E-state index in [0.717, 1.165) is 68.2 Å². The number of carbonyl (C=O) groups excluding carboxylic acids is 1. The number of nitrogens with one attached hydrogen (secondary N) is 1. The summed E-state index contributed by atoms with van der Waals surface area (Å²) in [6.45, 7) is 7.51. The van der Waals surface area contributed by atoms with Crippen LogP contribution < -0.4 is 5.32 Å². The van der Waals surface area contributed by atoms with Crippen molar-refractivity contribution in [1.29, 1.82) is 0 Å². The monoisotopic (exact) mass is 375 g/mol. The molecule has 5 rings (SSSR count). The average Bonchev–Trinajstić information content (AvgIpc) is 2.97. The molecule has 144 valence electrons. The number of aromatic nitrogens is 2. The van der Waals surface area contributed by atoms with Gasteiger partial charge in [-0.05, 0) is 17.7 Å². The highest BCUT2D eigenvalue weighted by molar-refractivity contribution is 6.05. The van der Waals surface area contributed by atoms with Gasteiger partial charge in [-0.2, -0.15) is 0 Å². The fourth-order valence-corrected chi connectivity index (χ4v) is 4.30. The molecule has 2 aliphatic heterocycles. The smallest absolute Gasteiger partial charge is 0.253 e. The lowest BCUT2D eigenvalue weighted by Gasteiger charge is -2.34. The second-order valence-electron chi connectivity index (χ2n) is 7.65. The Labute approximate surface area is 164 Å². The lowest BCUT2D eigenvalue weighted by atomic mass is 10.2. The van der Waals surface area contributed by atoms with Crippen molar-refractivity contribution in [1.82, 2.24) is 24.7 Å². The quantitative estimate of drug-likeness (QED) is 0.759. The summed E-state index contributed by atoms with van der Waals surface area (Å²) in [6.07, 6.45) is 0. The van der Waals surface area contributed by atoms with E-state index >= 15 is 0 Å². The number of para-hydroxylation sites is 1. The first-order valence-electron chi connectivity index (χ1n) is 10.0. The zero-order valence-electron chi connectivity index (χ0n) is 16.0. The van der Waals surface area contributed by atoms with Crippen LogP contribution in [0.1, 0.15) is 21.7 Å². The molecule has 3 heterocycles. The molecular weight excluding hydrogens is 350 g/mol. The number of imidazole rings is 1. The third kappa shape index (κ3) is 3.30. The molecule has 1 saturated heterocycles. The third-order valence-electron chi connectivity index (χ3n) is 5.79. The van der Waals surface area contributed by atoms with Crippen molar-refractivity contribution in [2.24, 2.45) is 0 Å². The van der Waals surface area contributed by atoms with E-state index in [1.165, 1.54) is 5.56 Å². The SMILES string of the molecule is O=C1NCCn2c(CN3CCN(Cc4ccccc4)CC3)nc3cccc1c32. The number of nitrogens with zero attached hydrogens (tertiary/aromatic N) is 4. The molecule has 2 aliphatic rings. The normalized spacial score (nSPS) is 18.2. The minimum Gasteiger partial charge on any atom is -0.350 e. The van der Waals surface area contributed by atoms with Gasteiger partial charge in [-0.3, -0.25) is 14.6 Å². The van der Waals surface area contributed by atoms with Crippen LogP contribution in [0.25, 0.3) is 11.0 Å². The largest absolute Gasteiger partial charge is 0.350 e. The molecule has 28 heavy (non-hydrogen) atoms. The predicted octanol–water partition coefficient (Wildman–Crippen LogP) is 2.10. The Morgan fingerprint density at radius 1 is 0.857 bits per heavy atom. The van der Waals surface area contributed by atoms with E-state index in [4.69, 9.17) is 4.98 Å². The summed E-state index contributed by atoms with van der Waals surface area (Å²) in [7, 11) is 0. The molecule has 0 bridgehead atoms. The Kier molecular flexibility index (Phi) is 4.58. The Morgan fingerprint density at radius 3 is 2.39 bits per heavy atom. The molecule has 1 N–H and O–H groups in total.